The molecule has 25 heavy (non-hydrogen) atoms. The Hall–Kier alpha value is -2.75. The van der Waals surface area contributed by atoms with Crippen LogP contribution in [0, 0.1) is 11.8 Å². The van der Waals surface area contributed by atoms with Gasteiger partial charge in [0.2, 0.25) is 0 Å². The van der Waals surface area contributed by atoms with Crippen molar-refractivity contribution in [1.82, 2.24) is 0 Å². The summed E-state index contributed by atoms with van der Waals surface area (Å²) >= 11 is 0. The molecule has 2 aromatic rings. The number of ether oxygens (including phenoxy) is 1. The summed E-state index contributed by atoms with van der Waals surface area (Å²) in [7, 11) is 1.66. The number of nitrogens with one attached hydrogen (secondary N) is 2. The van der Waals surface area contributed by atoms with E-state index in [1.807, 2.05) is 48.5 Å². The minimum atomic E-state index is -0.211. The monoisotopic (exact) mass is 334 g/mol. The lowest BCUT2D eigenvalue weighted by atomic mass is 9.79. The van der Waals surface area contributed by atoms with Crippen LogP contribution in [0.15, 0.2) is 60.3 Å². The Balaban J connectivity index is 1.82. The van der Waals surface area contributed by atoms with Crippen LogP contribution in [0.1, 0.15) is 24.9 Å². The first-order valence-electron chi connectivity index (χ1n) is 8.66. The fraction of sp³-hybridized carbons (Fsp3) is 0.286. The molecule has 2 aromatic carbocycles. The summed E-state index contributed by atoms with van der Waals surface area (Å²) in [5.41, 5.74) is 4.11. The average Bonchev–Trinajstić information content (AvgIpc) is 2.78. The fourth-order valence-corrected chi connectivity index (χ4v) is 3.78. The van der Waals surface area contributed by atoms with E-state index >= 15 is 0 Å². The minimum absolute atomic E-state index is 0.103. The summed E-state index contributed by atoms with van der Waals surface area (Å²) in [6, 6.07) is 16.0. The Bertz CT molecular complexity index is 826. The zero-order valence-corrected chi connectivity index (χ0v) is 14.5. The van der Waals surface area contributed by atoms with Crippen molar-refractivity contribution in [2.45, 2.75) is 19.4 Å². The molecule has 0 radical (unpaired) electrons. The number of ketones is 1. The Morgan fingerprint density at radius 1 is 1.04 bits per heavy atom. The molecule has 2 aliphatic rings. The molecule has 1 heterocycles. The predicted molar refractivity (Wildman–Crippen MR) is 99.8 cm³/mol. The van der Waals surface area contributed by atoms with Crippen LogP contribution in [0.3, 0.4) is 0 Å². The van der Waals surface area contributed by atoms with Crippen LogP contribution in [0.5, 0.6) is 5.75 Å². The molecule has 0 saturated carbocycles. The highest BCUT2D eigenvalue weighted by Gasteiger charge is 2.38. The van der Waals surface area contributed by atoms with Crippen LogP contribution in [-0.4, -0.2) is 12.9 Å². The van der Waals surface area contributed by atoms with Gasteiger partial charge in [0, 0.05) is 12.1 Å². The largest absolute Gasteiger partial charge is 0.497 e. The molecule has 0 amide bonds. The molecule has 1 aliphatic heterocycles. The molecule has 128 valence electrons. The Morgan fingerprint density at radius 3 is 2.48 bits per heavy atom. The van der Waals surface area contributed by atoms with Crippen molar-refractivity contribution in [2.24, 2.45) is 11.8 Å². The van der Waals surface area contributed by atoms with Gasteiger partial charge in [0.15, 0.2) is 0 Å². The molecule has 2 N–H and O–H groups in total. The summed E-state index contributed by atoms with van der Waals surface area (Å²) in [4.78, 5) is 12.9. The summed E-state index contributed by atoms with van der Waals surface area (Å²) in [6.07, 6.45) is 2.78. The van der Waals surface area contributed by atoms with Crippen molar-refractivity contribution in [1.29, 1.82) is 0 Å². The topological polar surface area (TPSA) is 50.4 Å². The molecular weight excluding hydrogens is 312 g/mol. The number of para-hydroxylation sites is 2. The van der Waals surface area contributed by atoms with E-state index in [0.29, 0.717) is 6.42 Å². The maximum atomic E-state index is 12.9. The van der Waals surface area contributed by atoms with E-state index in [9.17, 15) is 4.79 Å². The first-order chi connectivity index (χ1) is 12.2. The number of methoxy groups -OCH3 is 1. The van der Waals surface area contributed by atoms with Crippen molar-refractivity contribution in [3.05, 3.63) is 65.9 Å². The van der Waals surface area contributed by atoms with E-state index in [0.717, 1.165) is 28.4 Å². The van der Waals surface area contributed by atoms with Gasteiger partial charge >= 0.3 is 0 Å². The number of hydrogen-bond acceptors (Lipinski definition) is 4. The number of Topliss-reactive ketones (excluding diaryl/α,β-unsaturated/α-hetero) is 1. The van der Waals surface area contributed by atoms with E-state index in [1.54, 1.807) is 7.11 Å². The molecule has 0 unspecified atom stereocenters. The standard InChI is InChI=1S/C21H22N2O2/c1-13-11-18-20(19(24)12-13)21(14-7-9-15(25-2)10-8-14)23-17-6-4-3-5-16(17)22-18/h3-11,13,20-23H,12H2,1-2H3/t13-,20+,21+/m1/s1. The number of carbonyl (C=O) groups excluding carboxylic acids is 1. The van der Waals surface area contributed by atoms with Gasteiger partial charge in [0.1, 0.15) is 11.5 Å². The molecule has 4 nitrogen and oxygen atoms in total. The van der Waals surface area contributed by atoms with Gasteiger partial charge < -0.3 is 15.4 Å². The molecule has 0 fully saturated rings. The first kappa shape index (κ1) is 15.8. The Labute approximate surface area is 147 Å². The second-order valence-corrected chi connectivity index (χ2v) is 6.81. The van der Waals surface area contributed by atoms with Gasteiger partial charge in [-0.1, -0.05) is 37.3 Å². The third-order valence-electron chi connectivity index (χ3n) is 4.99. The molecule has 0 bridgehead atoms. The van der Waals surface area contributed by atoms with Crippen LogP contribution in [-0.2, 0) is 4.79 Å². The molecule has 1 aliphatic carbocycles. The quantitative estimate of drug-likeness (QED) is 0.855. The molecule has 0 spiro atoms. The Kier molecular flexibility index (Phi) is 3.96. The van der Waals surface area contributed by atoms with Crippen molar-refractivity contribution in [3.8, 4) is 5.75 Å². The van der Waals surface area contributed by atoms with Crippen LogP contribution in [0.25, 0.3) is 0 Å². The second-order valence-electron chi connectivity index (χ2n) is 6.81. The number of hydrogen-bond donors (Lipinski definition) is 2. The Morgan fingerprint density at radius 2 is 1.76 bits per heavy atom. The molecule has 3 atom stereocenters. The van der Waals surface area contributed by atoms with E-state index in [4.69, 9.17) is 4.74 Å². The third kappa shape index (κ3) is 2.88. The number of anilines is 2. The van der Waals surface area contributed by atoms with Gasteiger partial charge in [0.25, 0.3) is 0 Å². The second kappa shape index (κ2) is 6.28. The predicted octanol–water partition coefficient (Wildman–Crippen LogP) is 4.38. The fourth-order valence-electron chi connectivity index (χ4n) is 3.78. The van der Waals surface area contributed by atoms with Gasteiger partial charge in [0.05, 0.1) is 30.4 Å². The van der Waals surface area contributed by atoms with Crippen LogP contribution in [0.2, 0.25) is 0 Å². The number of fused-ring (bicyclic) bond motifs is 2. The van der Waals surface area contributed by atoms with E-state index in [2.05, 4.69) is 23.6 Å². The van der Waals surface area contributed by atoms with Gasteiger partial charge in [-0.15, -0.1) is 0 Å². The van der Waals surface area contributed by atoms with Crippen molar-refractivity contribution >= 4 is 17.2 Å². The van der Waals surface area contributed by atoms with Crippen LogP contribution < -0.4 is 15.4 Å². The van der Waals surface area contributed by atoms with Crippen molar-refractivity contribution < 1.29 is 9.53 Å². The zero-order valence-electron chi connectivity index (χ0n) is 14.5. The number of carbonyl (C=O) groups is 1. The highest BCUT2D eigenvalue weighted by atomic mass is 16.5. The van der Waals surface area contributed by atoms with Crippen molar-refractivity contribution in [3.63, 3.8) is 0 Å². The summed E-state index contributed by atoms with van der Waals surface area (Å²) in [5, 5.41) is 7.09. The zero-order chi connectivity index (χ0) is 17.4. The highest BCUT2D eigenvalue weighted by Crippen LogP contribution is 2.42. The summed E-state index contributed by atoms with van der Waals surface area (Å²) in [6.45, 7) is 2.09. The summed E-state index contributed by atoms with van der Waals surface area (Å²) in [5.74, 6) is 1.14. The van der Waals surface area contributed by atoms with Crippen LogP contribution in [0.4, 0.5) is 11.4 Å². The molecular formula is C21H22N2O2. The molecule has 0 aromatic heterocycles. The van der Waals surface area contributed by atoms with E-state index in [-0.39, 0.29) is 23.7 Å². The molecule has 4 rings (SSSR count). The lowest BCUT2D eigenvalue weighted by molar-refractivity contribution is -0.123. The number of benzene rings is 2. The van der Waals surface area contributed by atoms with Gasteiger partial charge in [-0.05, 0) is 35.7 Å². The lowest BCUT2D eigenvalue weighted by Crippen LogP contribution is -2.33. The van der Waals surface area contributed by atoms with E-state index < -0.39 is 0 Å². The van der Waals surface area contributed by atoms with Crippen molar-refractivity contribution in [2.75, 3.05) is 17.7 Å². The molecule has 0 saturated heterocycles. The SMILES string of the molecule is COc1ccc([C@@H]2Nc3ccccc3NC3=C[C@@H](C)CC(=O)[C@H]32)cc1. The highest BCUT2D eigenvalue weighted by molar-refractivity contribution is 5.89. The smallest absolute Gasteiger partial charge is 0.144 e. The van der Waals surface area contributed by atoms with E-state index in [1.165, 1.54) is 0 Å². The number of rotatable bonds is 2. The van der Waals surface area contributed by atoms with Crippen LogP contribution >= 0.6 is 0 Å². The maximum Gasteiger partial charge on any atom is 0.144 e. The first-order valence-corrected chi connectivity index (χ1v) is 8.66. The summed E-state index contributed by atoms with van der Waals surface area (Å²) < 4.78 is 5.27. The maximum absolute atomic E-state index is 12.9. The number of allylic oxidation sites excluding steroid dienone is 1. The van der Waals surface area contributed by atoms with Gasteiger partial charge in [-0.3, -0.25) is 4.79 Å². The van der Waals surface area contributed by atoms with Gasteiger partial charge in [-0.25, -0.2) is 0 Å². The molecule has 4 heteroatoms. The van der Waals surface area contributed by atoms with Gasteiger partial charge in [-0.2, -0.15) is 0 Å². The average molecular weight is 334 g/mol. The third-order valence-corrected chi connectivity index (χ3v) is 4.99. The minimum Gasteiger partial charge on any atom is -0.497 e. The normalized spacial score (nSPS) is 24.8. The lowest BCUT2D eigenvalue weighted by Gasteiger charge is -2.31.